The van der Waals surface area contributed by atoms with E-state index in [1.165, 1.54) is 36.2 Å². The van der Waals surface area contributed by atoms with Crippen molar-refractivity contribution < 1.29 is 30.3 Å². The maximum atomic E-state index is 9.00. The maximum absolute atomic E-state index is 9.00. The van der Waals surface area contributed by atoms with Crippen molar-refractivity contribution in [3.05, 3.63) is 19.1 Å². The topological polar surface area (TPSA) is 37.3 Å². The summed E-state index contributed by atoms with van der Waals surface area (Å²) >= 11 is 0. The van der Waals surface area contributed by atoms with E-state index in [1.807, 2.05) is 6.92 Å². The SMILES string of the molecule is C1CCC(P(C2CCCCC2)C2CCCCC2)CC1.CC(=O)O.[CH2]C(=C)C.[Pd]. The molecule has 0 aromatic carbocycles. The Bertz CT molecular complexity index is 346. The van der Waals surface area contributed by atoms with Gasteiger partial charge in [0.05, 0.1) is 0 Å². The Morgan fingerprint density at radius 3 is 1.07 bits per heavy atom. The van der Waals surface area contributed by atoms with Crippen molar-refractivity contribution in [2.45, 2.75) is 127 Å². The molecule has 0 aliphatic heterocycles. The molecule has 0 bridgehead atoms. The number of hydrogen-bond donors (Lipinski definition) is 1. The zero-order chi connectivity index (χ0) is 20.1. The van der Waals surface area contributed by atoms with Crippen molar-refractivity contribution >= 4 is 13.9 Å². The fourth-order valence-electron chi connectivity index (χ4n) is 5.03. The third-order valence-corrected chi connectivity index (χ3v) is 10.1. The summed E-state index contributed by atoms with van der Waals surface area (Å²) in [5, 5.41) is 7.42. The van der Waals surface area contributed by atoms with Crippen LogP contribution in [0.1, 0.15) is 110 Å². The van der Waals surface area contributed by atoms with E-state index < -0.39 is 5.97 Å². The van der Waals surface area contributed by atoms with E-state index in [4.69, 9.17) is 9.90 Å². The van der Waals surface area contributed by atoms with Crippen LogP contribution in [0.5, 0.6) is 0 Å². The molecule has 0 atom stereocenters. The summed E-state index contributed by atoms with van der Waals surface area (Å²) in [5.74, 6) is -0.833. The Morgan fingerprint density at radius 2 is 0.893 bits per heavy atom. The van der Waals surface area contributed by atoms with E-state index in [9.17, 15) is 0 Å². The van der Waals surface area contributed by atoms with Crippen molar-refractivity contribution in [1.82, 2.24) is 0 Å². The Morgan fingerprint density at radius 1 is 0.714 bits per heavy atom. The van der Waals surface area contributed by atoms with Crippen molar-refractivity contribution in [3.63, 3.8) is 0 Å². The predicted octanol–water partition coefficient (Wildman–Crippen LogP) is 7.95. The first-order valence-corrected chi connectivity index (χ1v) is 12.9. The van der Waals surface area contributed by atoms with Crippen LogP contribution in [-0.2, 0) is 25.2 Å². The molecule has 0 unspecified atom stereocenters. The molecule has 0 spiro atoms. The Balaban J connectivity index is 0.000000697. The van der Waals surface area contributed by atoms with Crippen molar-refractivity contribution in [2.24, 2.45) is 0 Å². The van der Waals surface area contributed by atoms with Gasteiger partial charge in [-0.2, -0.15) is 0 Å². The van der Waals surface area contributed by atoms with Gasteiger partial charge >= 0.3 is 0 Å². The molecule has 0 aromatic heterocycles. The van der Waals surface area contributed by atoms with Gasteiger partial charge in [-0.3, -0.25) is 4.79 Å². The largest absolute Gasteiger partial charge is 0.481 e. The van der Waals surface area contributed by atoms with Crippen molar-refractivity contribution in [3.8, 4) is 0 Å². The van der Waals surface area contributed by atoms with Gasteiger partial charge in [0.15, 0.2) is 0 Å². The summed E-state index contributed by atoms with van der Waals surface area (Å²) in [5.41, 5.74) is 4.49. The van der Waals surface area contributed by atoms with E-state index in [0.717, 1.165) is 12.5 Å². The van der Waals surface area contributed by atoms with E-state index in [-0.39, 0.29) is 20.4 Å². The number of allylic oxidation sites excluding steroid dienone is 1. The van der Waals surface area contributed by atoms with Crippen molar-refractivity contribution in [2.75, 3.05) is 0 Å². The molecule has 3 fully saturated rings. The van der Waals surface area contributed by atoms with Gasteiger partial charge in [-0.05, 0) is 69.3 Å². The second kappa shape index (κ2) is 17.0. The molecule has 167 valence electrons. The zero-order valence-electron chi connectivity index (χ0n) is 18.4. The van der Waals surface area contributed by atoms with Gasteiger partial charge in [0.1, 0.15) is 0 Å². The molecule has 1 N–H and O–H groups in total. The predicted molar refractivity (Wildman–Crippen MR) is 121 cm³/mol. The van der Waals surface area contributed by atoms with Gasteiger partial charge in [-0.1, -0.05) is 71.3 Å². The van der Waals surface area contributed by atoms with E-state index in [1.54, 1.807) is 77.0 Å². The van der Waals surface area contributed by atoms with Crippen LogP contribution < -0.4 is 0 Å². The van der Waals surface area contributed by atoms with Crippen LogP contribution in [0.25, 0.3) is 0 Å². The number of carboxylic acid groups (broad SMARTS) is 1. The quantitative estimate of drug-likeness (QED) is 0.314. The maximum Gasteiger partial charge on any atom is 0.300 e. The third-order valence-electron chi connectivity index (χ3n) is 5.99. The third kappa shape index (κ3) is 12.8. The average molecular weight is 502 g/mol. The van der Waals surface area contributed by atoms with Gasteiger partial charge in [-0.15, -0.1) is 6.58 Å². The number of carboxylic acids is 1. The van der Waals surface area contributed by atoms with Gasteiger partial charge in [0, 0.05) is 27.3 Å². The summed E-state index contributed by atoms with van der Waals surface area (Å²) in [4.78, 5) is 9.00. The first-order valence-electron chi connectivity index (χ1n) is 11.4. The number of aliphatic carboxylic acids is 1. The van der Waals surface area contributed by atoms with Gasteiger partial charge in [0.25, 0.3) is 5.97 Å². The first-order chi connectivity index (χ1) is 12.9. The average Bonchev–Trinajstić information content (AvgIpc) is 2.64. The summed E-state index contributed by atoms with van der Waals surface area (Å²) in [6.07, 6.45) is 23.6. The van der Waals surface area contributed by atoms with Crippen LogP contribution >= 0.6 is 7.92 Å². The number of carbonyl (C=O) groups is 1. The smallest absolute Gasteiger partial charge is 0.300 e. The monoisotopic (exact) mass is 501 g/mol. The molecule has 2 nitrogen and oxygen atoms in total. The van der Waals surface area contributed by atoms with Gasteiger partial charge in [-0.25, -0.2) is 0 Å². The standard InChI is InChI=1S/C18H33P.C4H7.C2H4O2.Pd/c1-4-10-16(11-5-1)19(17-12-6-2-7-13-17)18-14-8-3-9-15-18;1-4(2)3;1-2(3)4;/h16-18H,1-15H2;1-2H2,3H3;1H3,(H,3,4);. The second-order valence-electron chi connectivity index (χ2n) is 8.80. The Labute approximate surface area is 190 Å². The van der Waals surface area contributed by atoms with E-state index in [0.29, 0.717) is 7.92 Å². The van der Waals surface area contributed by atoms with E-state index in [2.05, 4.69) is 13.5 Å². The molecule has 3 aliphatic carbocycles. The molecule has 3 rings (SSSR count). The van der Waals surface area contributed by atoms with Crippen LogP contribution in [0.3, 0.4) is 0 Å². The zero-order valence-corrected chi connectivity index (χ0v) is 20.8. The summed E-state index contributed by atoms with van der Waals surface area (Å²) < 4.78 is 0. The van der Waals surface area contributed by atoms with Gasteiger partial charge < -0.3 is 5.11 Å². The Hall–Kier alpha value is 0.302. The molecule has 4 heteroatoms. The molecule has 0 amide bonds. The van der Waals surface area contributed by atoms with Crippen LogP contribution in [0, 0.1) is 6.92 Å². The van der Waals surface area contributed by atoms with Crippen LogP contribution in [0.2, 0.25) is 0 Å². The molecule has 1 radical (unpaired) electrons. The molecular weight excluding hydrogens is 458 g/mol. The molecule has 3 saturated carbocycles. The fourth-order valence-corrected chi connectivity index (χ4v) is 9.71. The summed E-state index contributed by atoms with van der Waals surface area (Å²) in [6.45, 7) is 9.83. The molecule has 28 heavy (non-hydrogen) atoms. The normalized spacial score (nSPS) is 21.4. The molecular formula is C24H44O2PPd. The fraction of sp³-hybridized carbons (Fsp3) is 0.833. The number of rotatable bonds is 3. The molecule has 3 aliphatic rings. The summed E-state index contributed by atoms with van der Waals surface area (Å²) in [6, 6.07) is 0. The minimum Gasteiger partial charge on any atom is -0.481 e. The molecule has 0 heterocycles. The minimum atomic E-state index is -0.833. The van der Waals surface area contributed by atoms with Gasteiger partial charge in [0.2, 0.25) is 0 Å². The summed E-state index contributed by atoms with van der Waals surface area (Å²) in [7, 11) is 0.385. The number of hydrogen-bond acceptors (Lipinski definition) is 1. The van der Waals surface area contributed by atoms with Crippen molar-refractivity contribution in [1.29, 1.82) is 0 Å². The Kier molecular flexibility index (Phi) is 17.2. The van der Waals surface area contributed by atoms with Crippen LogP contribution in [-0.4, -0.2) is 28.1 Å². The van der Waals surface area contributed by atoms with Crippen LogP contribution in [0.15, 0.2) is 12.2 Å². The second-order valence-corrected chi connectivity index (χ2v) is 11.9. The van der Waals surface area contributed by atoms with Crippen LogP contribution in [0.4, 0.5) is 0 Å². The molecule has 0 saturated heterocycles. The first kappa shape index (κ1) is 28.3. The minimum absolute atomic E-state index is 0. The molecule has 0 aromatic rings. The van der Waals surface area contributed by atoms with E-state index >= 15 is 0 Å².